The maximum Gasteiger partial charge on any atom is 0.228 e. The fraction of sp³-hybridized carbons (Fsp3) is 0.143. The van der Waals surface area contributed by atoms with Crippen molar-refractivity contribution >= 4 is 34.8 Å². The highest BCUT2D eigenvalue weighted by Crippen LogP contribution is 2.30. The monoisotopic (exact) mass is 444 g/mol. The molecule has 0 atom stereocenters. The van der Waals surface area contributed by atoms with Crippen molar-refractivity contribution in [3.8, 4) is 17.0 Å². The summed E-state index contributed by atoms with van der Waals surface area (Å²) in [6, 6.07) is 10.9. The molecule has 0 aliphatic heterocycles. The molecule has 1 saturated carbocycles. The van der Waals surface area contributed by atoms with Gasteiger partial charge >= 0.3 is 0 Å². The zero-order valence-corrected chi connectivity index (χ0v) is 17.4. The fourth-order valence-corrected chi connectivity index (χ4v) is 4.09. The number of carbonyl (C=O) groups excluding carboxylic acids is 1. The van der Waals surface area contributed by atoms with Crippen molar-refractivity contribution in [1.29, 1.82) is 0 Å². The van der Waals surface area contributed by atoms with Gasteiger partial charge in [-0.3, -0.25) is 9.20 Å². The van der Waals surface area contributed by atoms with Crippen LogP contribution in [-0.4, -0.2) is 45.2 Å². The standard InChI is InChI=1S/C21H16N8O2S/c30-18-7-4-13(9-22-18)14-3-5-17-25-26-21(28(17)10-14)32-19-8-6-16-23-15(11-29(16)27-19)24-20(31)12-1-2-12/h3-12H,1-2H2,(H,22,30)(H,24,31). The van der Waals surface area contributed by atoms with Gasteiger partial charge in [0.05, 0.1) is 6.20 Å². The van der Waals surface area contributed by atoms with E-state index in [9.17, 15) is 9.90 Å². The minimum absolute atomic E-state index is 0.0116. The van der Waals surface area contributed by atoms with Crippen LogP contribution in [0, 0.1) is 5.92 Å². The summed E-state index contributed by atoms with van der Waals surface area (Å²) in [7, 11) is 0. The van der Waals surface area contributed by atoms with Gasteiger partial charge < -0.3 is 10.4 Å². The second kappa shape index (κ2) is 7.31. The van der Waals surface area contributed by atoms with E-state index < -0.39 is 0 Å². The van der Waals surface area contributed by atoms with Crippen LogP contribution < -0.4 is 5.32 Å². The van der Waals surface area contributed by atoms with Gasteiger partial charge in [-0.2, -0.15) is 5.10 Å². The molecule has 0 radical (unpaired) electrons. The Morgan fingerprint density at radius 3 is 2.69 bits per heavy atom. The molecule has 2 N–H and O–H groups in total. The van der Waals surface area contributed by atoms with Crippen LogP contribution in [0.5, 0.6) is 5.88 Å². The largest absolute Gasteiger partial charge is 0.493 e. The summed E-state index contributed by atoms with van der Waals surface area (Å²) in [5.74, 6) is 0.600. The van der Waals surface area contributed by atoms with Crippen molar-refractivity contribution in [2.24, 2.45) is 5.92 Å². The third-order valence-corrected chi connectivity index (χ3v) is 6.03. The first-order chi connectivity index (χ1) is 15.6. The van der Waals surface area contributed by atoms with E-state index in [0.717, 1.165) is 24.0 Å². The molecule has 1 aliphatic carbocycles. The van der Waals surface area contributed by atoms with Crippen LogP contribution >= 0.6 is 11.8 Å². The average Bonchev–Trinajstić information content (AvgIpc) is 3.47. The average molecular weight is 444 g/mol. The number of imidazole rings is 1. The van der Waals surface area contributed by atoms with E-state index in [1.807, 2.05) is 34.9 Å². The highest BCUT2D eigenvalue weighted by atomic mass is 32.2. The number of aromatic hydroxyl groups is 1. The molecule has 0 saturated heterocycles. The number of hydrogen-bond donors (Lipinski definition) is 2. The van der Waals surface area contributed by atoms with Gasteiger partial charge in [0.15, 0.2) is 17.1 Å². The van der Waals surface area contributed by atoms with Crippen LogP contribution in [0.2, 0.25) is 0 Å². The molecule has 11 heteroatoms. The van der Waals surface area contributed by atoms with Gasteiger partial charge in [0.2, 0.25) is 16.9 Å². The van der Waals surface area contributed by atoms with Gasteiger partial charge in [0.1, 0.15) is 5.03 Å². The number of amides is 1. The van der Waals surface area contributed by atoms with E-state index >= 15 is 0 Å². The number of pyridine rings is 2. The van der Waals surface area contributed by atoms with Crippen LogP contribution in [-0.2, 0) is 4.79 Å². The molecule has 0 unspecified atom stereocenters. The minimum Gasteiger partial charge on any atom is -0.493 e. The van der Waals surface area contributed by atoms with Gasteiger partial charge in [0, 0.05) is 35.5 Å². The first-order valence-electron chi connectivity index (χ1n) is 9.98. The molecule has 32 heavy (non-hydrogen) atoms. The number of nitrogens with zero attached hydrogens (tertiary/aromatic N) is 7. The first kappa shape index (κ1) is 18.8. The summed E-state index contributed by atoms with van der Waals surface area (Å²) in [5, 5.41) is 26.7. The Morgan fingerprint density at radius 1 is 1.03 bits per heavy atom. The van der Waals surface area contributed by atoms with Crippen molar-refractivity contribution in [3.63, 3.8) is 0 Å². The summed E-state index contributed by atoms with van der Waals surface area (Å²) >= 11 is 1.37. The molecular formula is C21H16N8O2S. The Morgan fingerprint density at radius 2 is 1.88 bits per heavy atom. The van der Waals surface area contributed by atoms with Crippen LogP contribution in [0.1, 0.15) is 12.8 Å². The summed E-state index contributed by atoms with van der Waals surface area (Å²) in [4.78, 5) is 20.3. The smallest absolute Gasteiger partial charge is 0.228 e. The molecule has 5 aromatic rings. The number of carbonyl (C=O) groups is 1. The molecule has 1 aliphatic rings. The molecule has 0 spiro atoms. The number of hydrogen-bond acceptors (Lipinski definition) is 8. The number of fused-ring (bicyclic) bond motifs is 2. The molecule has 10 nitrogen and oxygen atoms in total. The third kappa shape index (κ3) is 3.52. The van der Waals surface area contributed by atoms with Crippen molar-refractivity contribution in [3.05, 3.63) is 55.0 Å². The summed E-state index contributed by atoms with van der Waals surface area (Å²) < 4.78 is 3.52. The fourth-order valence-electron chi connectivity index (χ4n) is 3.31. The Labute approximate surface area is 185 Å². The van der Waals surface area contributed by atoms with Crippen LogP contribution in [0.15, 0.2) is 65.2 Å². The lowest BCUT2D eigenvalue weighted by Gasteiger charge is -2.04. The lowest BCUT2D eigenvalue weighted by molar-refractivity contribution is -0.117. The third-order valence-electron chi connectivity index (χ3n) is 5.14. The quantitative estimate of drug-likeness (QED) is 0.424. The van der Waals surface area contributed by atoms with Crippen LogP contribution in [0.4, 0.5) is 5.82 Å². The predicted molar refractivity (Wildman–Crippen MR) is 116 cm³/mol. The van der Waals surface area contributed by atoms with Crippen LogP contribution in [0.25, 0.3) is 22.4 Å². The number of rotatable bonds is 5. The van der Waals surface area contributed by atoms with Crippen molar-refractivity contribution in [2.45, 2.75) is 23.0 Å². The Balaban J connectivity index is 1.29. The highest BCUT2D eigenvalue weighted by Gasteiger charge is 2.30. The SMILES string of the molecule is O=C(Nc1cn2nc(Sc3nnc4ccc(-c5ccc(O)nc5)cn34)ccc2n1)C1CC1. The lowest BCUT2D eigenvalue weighted by Crippen LogP contribution is -2.13. The van der Waals surface area contributed by atoms with E-state index in [2.05, 4.69) is 30.6 Å². The van der Waals surface area contributed by atoms with Gasteiger partial charge in [-0.25, -0.2) is 14.5 Å². The van der Waals surface area contributed by atoms with Crippen molar-refractivity contribution in [1.82, 2.24) is 34.2 Å². The van der Waals surface area contributed by atoms with Crippen molar-refractivity contribution in [2.75, 3.05) is 5.32 Å². The maximum atomic E-state index is 12.0. The van der Waals surface area contributed by atoms with Crippen LogP contribution in [0.3, 0.4) is 0 Å². The van der Waals surface area contributed by atoms with Crippen molar-refractivity contribution < 1.29 is 9.90 Å². The summed E-state index contributed by atoms with van der Waals surface area (Å²) in [6.07, 6.45) is 7.12. The normalized spacial score (nSPS) is 13.6. The molecule has 0 bridgehead atoms. The topological polar surface area (TPSA) is 123 Å². The van der Waals surface area contributed by atoms with E-state index in [1.54, 1.807) is 29.0 Å². The summed E-state index contributed by atoms with van der Waals surface area (Å²) in [5.41, 5.74) is 3.14. The maximum absolute atomic E-state index is 12.0. The molecule has 5 heterocycles. The number of aromatic nitrogens is 7. The van der Waals surface area contributed by atoms with E-state index in [4.69, 9.17) is 0 Å². The predicted octanol–water partition coefficient (Wildman–Crippen LogP) is 3.04. The Hall–Kier alpha value is -3.99. The van der Waals surface area contributed by atoms with Gasteiger partial charge in [-0.05, 0) is 54.9 Å². The molecule has 158 valence electrons. The molecular weight excluding hydrogens is 428 g/mol. The molecule has 0 aromatic carbocycles. The molecule has 5 aromatic heterocycles. The first-order valence-corrected chi connectivity index (χ1v) is 10.8. The van der Waals surface area contributed by atoms with Gasteiger partial charge in [-0.15, -0.1) is 10.2 Å². The second-order valence-corrected chi connectivity index (χ2v) is 8.49. The lowest BCUT2D eigenvalue weighted by atomic mass is 10.1. The Kier molecular flexibility index (Phi) is 4.28. The number of anilines is 1. The van der Waals surface area contributed by atoms with Gasteiger partial charge in [-0.1, -0.05) is 0 Å². The van der Waals surface area contributed by atoms with E-state index in [-0.39, 0.29) is 17.7 Å². The molecule has 1 amide bonds. The second-order valence-electron chi connectivity index (χ2n) is 7.50. The highest BCUT2D eigenvalue weighted by molar-refractivity contribution is 7.99. The van der Waals surface area contributed by atoms with E-state index in [1.165, 1.54) is 11.8 Å². The summed E-state index contributed by atoms with van der Waals surface area (Å²) in [6.45, 7) is 0. The zero-order chi connectivity index (χ0) is 21.7. The minimum atomic E-state index is -0.0217. The zero-order valence-electron chi connectivity index (χ0n) is 16.6. The van der Waals surface area contributed by atoms with Gasteiger partial charge in [0.25, 0.3) is 0 Å². The Bertz CT molecular complexity index is 1470. The molecule has 6 rings (SSSR count). The van der Waals surface area contributed by atoms with E-state index in [0.29, 0.717) is 27.3 Å². The number of nitrogens with one attached hydrogen (secondary N) is 1. The molecule has 1 fully saturated rings.